The van der Waals surface area contributed by atoms with Gasteiger partial charge in [-0.15, -0.1) is 0 Å². The van der Waals surface area contributed by atoms with Crippen molar-refractivity contribution >= 4 is 47.5 Å². The van der Waals surface area contributed by atoms with Gasteiger partial charge in [0.2, 0.25) is 35.4 Å². The van der Waals surface area contributed by atoms with Crippen LogP contribution in [0.1, 0.15) is 139 Å². The first-order valence-electron chi connectivity index (χ1n) is 23.2. The number of hydrogen-bond donors (Lipinski definition) is 7. The van der Waals surface area contributed by atoms with Gasteiger partial charge in [0.15, 0.2) is 0 Å². The molecule has 1 aromatic rings. The van der Waals surface area contributed by atoms with Crippen LogP contribution in [0.5, 0.6) is 0 Å². The van der Waals surface area contributed by atoms with Crippen molar-refractivity contribution in [3.8, 4) is 0 Å². The molecule has 0 saturated heterocycles. The van der Waals surface area contributed by atoms with Crippen molar-refractivity contribution < 1.29 is 47.8 Å². The van der Waals surface area contributed by atoms with Crippen LogP contribution in [0.25, 0.3) is 0 Å². The van der Waals surface area contributed by atoms with Gasteiger partial charge in [0.25, 0.3) is 0 Å². The minimum absolute atomic E-state index is 0.0669. The molecule has 0 heterocycles. The molecule has 2 aliphatic rings. The molecule has 7 N–H and O–H groups in total. The second-order valence-electron chi connectivity index (χ2n) is 18.5. The lowest BCUT2D eigenvalue weighted by Gasteiger charge is -2.38. The Labute approximate surface area is 379 Å². The summed E-state index contributed by atoms with van der Waals surface area (Å²) in [4.78, 5) is 105. The van der Waals surface area contributed by atoms with Crippen molar-refractivity contribution in [2.24, 2.45) is 23.7 Å². The van der Waals surface area contributed by atoms with E-state index in [4.69, 9.17) is 9.47 Å². The minimum atomic E-state index is -0.968. The highest BCUT2D eigenvalue weighted by Gasteiger charge is 2.39. The molecule has 2 saturated carbocycles. The van der Waals surface area contributed by atoms with Gasteiger partial charge in [-0.3, -0.25) is 28.8 Å². The molecule has 0 bridgehead atoms. The number of hydrogen-bond acceptors (Lipinski definition) is 10. The van der Waals surface area contributed by atoms with Crippen LogP contribution < -0.4 is 37.2 Å². The van der Waals surface area contributed by atoms with Crippen molar-refractivity contribution in [3.63, 3.8) is 0 Å². The normalized spacial score (nSPS) is 22.0. The molecule has 2 fully saturated rings. The average Bonchev–Trinajstić information content (AvgIpc) is 3.23. The molecule has 17 heteroatoms. The number of benzene rings is 1. The van der Waals surface area contributed by atoms with Gasteiger partial charge in [-0.2, -0.15) is 0 Å². The fourth-order valence-electron chi connectivity index (χ4n) is 8.60. The lowest BCUT2D eigenvalue weighted by atomic mass is 9.74. The van der Waals surface area contributed by atoms with Crippen LogP contribution in [-0.4, -0.2) is 95.4 Å². The van der Waals surface area contributed by atoms with Crippen LogP contribution in [-0.2, 0) is 49.6 Å². The highest BCUT2D eigenvalue weighted by molar-refractivity contribution is 5.93. The molecular formula is C47H75N7O10. The number of carbonyl (C=O) groups excluding carboxylic acids is 8. The maximum atomic E-state index is 13.7. The van der Waals surface area contributed by atoms with Crippen LogP contribution in [0.3, 0.4) is 0 Å². The van der Waals surface area contributed by atoms with Crippen LogP contribution in [0.4, 0.5) is 4.79 Å². The summed E-state index contributed by atoms with van der Waals surface area (Å²) < 4.78 is 10.6. The smallest absolute Gasteiger partial charge is 0.408 e. The summed E-state index contributed by atoms with van der Waals surface area (Å²) in [6.07, 6.45) is 6.35. The Morgan fingerprint density at radius 1 is 0.547 bits per heavy atom. The third kappa shape index (κ3) is 16.7. The largest absolute Gasteiger partial charge is 0.459 e. The predicted molar refractivity (Wildman–Crippen MR) is 241 cm³/mol. The molecule has 0 unspecified atom stereocenters. The maximum Gasteiger partial charge on any atom is 0.408 e. The molecule has 0 aliphatic heterocycles. The van der Waals surface area contributed by atoms with E-state index in [0.29, 0.717) is 38.5 Å². The van der Waals surface area contributed by atoms with E-state index >= 15 is 0 Å². The van der Waals surface area contributed by atoms with Gasteiger partial charge in [-0.1, -0.05) is 69.9 Å². The lowest BCUT2D eigenvalue weighted by molar-refractivity contribution is -0.148. The third-order valence-electron chi connectivity index (χ3n) is 12.2. The molecule has 7 amide bonds. The molecular weight excluding hydrogens is 823 g/mol. The molecule has 3 rings (SSSR count). The molecule has 0 radical (unpaired) electrons. The van der Waals surface area contributed by atoms with Gasteiger partial charge in [0, 0.05) is 23.9 Å². The van der Waals surface area contributed by atoms with Gasteiger partial charge in [0.1, 0.15) is 42.4 Å². The van der Waals surface area contributed by atoms with E-state index in [1.807, 2.05) is 44.2 Å². The van der Waals surface area contributed by atoms with Crippen molar-refractivity contribution in [1.29, 1.82) is 0 Å². The molecule has 0 aromatic heterocycles. The number of alkyl carbamates (subject to hydrolysis) is 1. The Morgan fingerprint density at radius 2 is 0.938 bits per heavy atom. The number of amides is 7. The van der Waals surface area contributed by atoms with E-state index in [1.165, 1.54) is 6.92 Å². The third-order valence-corrected chi connectivity index (χ3v) is 12.2. The quantitative estimate of drug-likeness (QED) is 0.0927. The van der Waals surface area contributed by atoms with Crippen molar-refractivity contribution in [3.05, 3.63) is 35.9 Å². The van der Waals surface area contributed by atoms with E-state index in [1.54, 1.807) is 48.5 Å². The van der Waals surface area contributed by atoms with Crippen LogP contribution in [0, 0.1) is 23.7 Å². The fraction of sp³-hybridized carbons (Fsp3) is 0.702. The number of nitrogens with one attached hydrogen (secondary N) is 7. The van der Waals surface area contributed by atoms with E-state index in [0.717, 1.165) is 31.2 Å². The summed E-state index contributed by atoms with van der Waals surface area (Å²) >= 11 is 0. The zero-order chi connectivity index (χ0) is 47.7. The van der Waals surface area contributed by atoms with E-state index in [-0.39, 0.29) is 48.2 Å². The lowest BCUT2D eigenvalue weighted by Crippen LogP contribution is -2.57. The zero-order valence-corrected chi connectivity index (χ0v) is 39.6. The Morgan fingerprint density at radius 3 is 1.38 bits per heavy atom. The standard InChI is InChI=1S/C47H75N7O10/c1-11-33(44(60)50-28(4)40(56)51-31(7)45(61)63-26-32-20-14-13-15-21-32)35-22-16-18-24-37(35)53-41(57)29(5)48-39(55)27(3)49-43(59)34(12-2)36-23-17-19-25-38(36)54-42(58)30(6)52-46(62)64-47(8,9)10/h13-15,20-21,27-31,33-38H,11-12,16-19,22-26H2,1-10H3,(H,48,55)(H,49,59)(H,50,60)(H,51,56)(H,52,62)(H,53,57)(H,54,58)/t27-,28-,29-,30-,31-,33-,34-,35-,36-,37-,38-/m1/s1. The Bertz CT molecular complexity index is 1750. The minimum Gasteiger partial charge on any atom is -0.459 e. The van der Waals surface area contributed by atoms with Crippen LogP contribution >= 0.6 is 0 Å². The number of carbonyl (C=O) groups is 8. The molecule has 64 heavy (non-hydrogen) atoms. The van der Waals surface area contributed by atoms with E-state index < -0.39 is 77.4 Å². The first-order valence-corrected chi connectivity index (χ1v) is 23.2. The first kappa shape index (κ1) is 53.1. The first-order chi connectivity index (χ1) is 30.1. The molecule has 1 aromatic carbocycles. The summed E-state index contributed by atoms with van der Waals surface area (Å²) in [6, 6.07) is 3.84. The summed E-state index contributed by atoms with van der Waals surface area (Å²) in [5, 5.41) is 19.6. The second kappa shape index (κ2) is 25.3. The summed E-state index contributed by atoms with van der Waals surface area (Å²) in [5.74, 6) is -4.60. The molecule has 17 nitrogen and oxygen atoms in total. The predicted octanol–water partition coefficient (Wildman–Crippen LogP) is 4.06. The van der Waals surface area contributed by atoms with Crippen LogP contribution in [0.2, 0.25) is 0 Å². The van der Waals surface area contributed by atoms with Crippen LogP contribution in [0.15, 0.2) is 30.3 Å². The summed E-state index contributed by atoms with van der Waals surface area (Å²) in [5.41, 5.74) is 0.0924. The Kier molecular flexibility index (Phi) is 21.0. The van der Waals surface area contributed by atoms with Gasteiger partial charge in [-0.05, 0) is 111 Å². The number of esters is 1. The van der Waals surface area contributed by atoms with Gasteiger partial charge < -0.3 is 46.7 Å². The number of rotatable bonds is 20. The molecule has 0 spiro atoms. The monoisotopic (exact) mass is 898 g/mol. The van der Waals surface area contributed by atoms with Gasteiger partial charge >= 0.3 is 12.1 Å². The topological polar surface area (TPSA) is 239 Å². The molecule has 2 aliphatic carbocycles. The summed E-state index contributed by atoms with van der Waals surface area (Å²) in [6.45, 7) is 16.8. The molecule has 11 atom stereocenters. The maximum absolute atomic E-state index is 13.7. The van der Waals surface area contributed by atoms with Gasteiger partial charge in [0.05, 0.1) is 0 Å². The Hall–Kier alpha value is -5.22. The molecule has 358 valence electrons. The van der Waals surface area contributed by atoms with E-state index in [2.05, 4.69) is 37.2 Å². The fourth-order valence-corrected chi connectivity index (χ4v) is 8.60. The Balaban J connectivity index is 1.53. The van der Waals surface area contributed by atoms with Crippen molar-refractivity contribution in [2.45, 2.75) is 188 Å². The van der Waals surface area contributed by atoms with Crippen molar-refractivity contribution in [2.75, 3.05) is 0 Å². The average molecular weight is 898 g/mol. The second-order valence-corrected chi connectivity index (χ2v) is 18.5. The van der Waals surface area contributed by atoms with Gasteiger partial charge in [-0.25, -0.2) is 9.59 Å². The highest BCUT2D eigenvalue weighted by Crippen LogP contribution is 2.34. The SMILES string of the molecule is CC[C@@H](C(=O)N[C@H](C)C(=O)N[C@H](C)C(=O)N[C@@H]1CCCC[C@@H]1[C@@H](CC)C(=O)N[C@H](C)C(=O)N[C@H](C)C(=O)OCc1ccccc1)[C@H]1CCCC[C@H]1NC(=O)[C@@H](C)NC(=O)OC(C)(C)C. The van der Waals surface area contributed by atoms with Crippen molar-refractivity contribution in [1.82, 2.24) is 37.2 Å². The van der Waals surface area contributed by atoms with E-state index in [9.17, 15) is 38.4 Å². The zero-order valence-electron chi connectivity index (χ0n) is 39.6. The number of ether oxygens (including phenoxy) is 2. The highest BCUT2D eigenvalue weighted by atomic mass is 16.6. The summed E-state index contributed by atoms with van der Waals surface area (Å²) in [7, 11) is 0.